The second-order valence-corrected chi connectivity index (χ2v) is 3.45. The van der Waals surface area contributed by atoms with E-state index in [4.69, 9.17) is 4.74 Å². The van der Waals surface area contributed by atoms with Crippen LogP contribution < -0.4 is 5.32 Å². The first-order chi connectivity index (χ1) is 7.22. The van der Waals surface area contributed by atoms with E-state index in [1.54, 1.807) is 0 Å². The van der Waals surface area contributed by atoms with Crippen LogP contribution in [0.25, 0.3) is 0 Å². The zero-order valence-corrected chi connectivity index (χ0v) is 9.71. The minimum Gasteiger partial charge on any atom is -0.382 e. The maximum absolute atomic E-state index is 5.24. The molecule has 0 radical (unpaired) electrons. The Morgan fingerprint density at radius 2 is 1.93 bits per heavy atom. The quantitative estimate of drug-likeness (QED) is 0.727. The number of hydrogen-bond donors (Lipinski definition) is 1. The normalized spacial score (nSPS) is 10.3. The van der Waals surface area contributed by atoms with Crippen LogP contribution in [0.1, 0.15) is 24.7 Å². The number of nitrogens with zero attached hydrogens (tertiary/aromatic N) is 2. The molecule has 0 aromatic carbocycles. The van der Waals surface area contributed by atoms with Crippen molar-refractivity contribution >= 4 is 5.95 Å². The van der Waals surface area contributed by atoms with Crippen molar-refractivity contribution in [3.63, 3.8) is 0 Å². The Bertz CT molecular complexity index is 282. The van der Waals surface area contributed by atoms with Crippen molar-refractivity contribution in [2.45, 2.75) is 27.2 Å². The summed E-state index contributed by atoms with van der Waals surface area (Å²) in [5.41, 5.74) is 1.99. The highest BCUT2D eigenvalue weighted by molar-refractivity contribution is 5.27. The van der Waals surface area contributed by atoms with Gasteiger partial charge in [0.15, 0.2) is 0 Å². The first kappa shape index (κ1) is 11.9. The summed E-state index contributed by atoms with van der Waals surface area (Å²) in [5.74, 6) is 0.712. The molecule has 0 aliphatic heterocycles. The van der Waals surface area contributed by atoms with Crippen molar-refractivity contribution < 1.29 is 4.74 Å². The minimum absolute atomic E-state index is 0.712. The molecule has 0 bridgehead atoms. The highest BCUT2D eigenvalue weighted by atomic mass is 16.5. The third kappa shape index (κ3) is 4.74. The van der Waals surface area contributed by atoms with Crippen LogP contribution in [0.15, 0.2) is 6.07 Å². The first-order valence-corrected chi connectivity index (χ1v) is 5.36. The summed E-state index contributed by atoms with van der Waals surface area (Å²) in [7, 11) is 0. The number of ether oxygens (including phenoxy) is 1. The number of nitrogens with one attached hydrogen (secondary N) is 1. The van der Waals surface area contributed by atoms with Gasteiger partial charge in [-0.25, -0.2) is 9.97 Å². The van der Waals surface area contributed by atoms with Gasteiger partial charge in [0.1, 0.15) is 0 Å². The summed E-state index contributed by atoms with van der Waals surface area (Å²) in [5, 5.41) is 3.18. The molecule has 0 saturated heterocycles. The van der Waals surface area contributed by atoms with Crippen LogP contribution >= 0.6 is 0 Å². The Morgan fingerprint density at radius 3 is 2.53 bits per heavy atom. The van der Waals surface area contributed by atoms with E-state index in [1.807, 2.05) is 26.8 Å². The van der Waals surface area contributed by atoms with Crippen molar-refractivity contribution in [1.82, 2.24) is 9.97 Å². The van der Waals surface area contributed by atoms with Crippen LogP contribution in [-0.2, 0) is 4.74 Å². The van der Waals surface area contributed by atoms with E-state index in [1.165, 1.54) is 0 Å². The molecular weight excluding hydrogens is 190 g/mol. The van der Waals surface area contributed by atoms with Crippen molar-refractivity contribution in [1.29, 1.82) is 0 Å². The topological polar surface area (TPSA) is 47.0 Å². The van der Waals surface area contributed by atoms with Gasteiger partial charge in [-0.3, -0.25) is 0 Å². The highest BCUT2D eigenvalue weighted by Gasteiger charge is 1.97. The molecule has 0 aliphatic rings. The molecule has 1 aromatic heterocycles. The fraction of sp³-hybridized carbons (Fsp3) is 0.636. The lowest BCUT2D eigenvalue weighted by Gasteiger charge is -2.06. The number of anilines is 1. The van der Waals surface area contributed by atoms with Gasteiger partial charge in [-0.2, -0.15) is 0 Å². The van der Waals surface area contributed by atoms with Crippen LogP contribution in [0, 0.1) is 13.8 Å². The average molecular weight is 209 g/mol. The van der Waals surface area contributed by atoms with Gasteiger partial charge in [0, 0.05) is 31.1 Å². The number of rotatable bonds is 6. The molecule has 84 valence electrons. The molecule has 0 spiro atoms. The van der Waals surface area contributed by atoms with E-state index in [2.05, 4.69) is 15.3 Å². The maximum Gasteiger partial charge on any atom is 0.223 e. The molecule has 1 aromatic rings. The van der Waals surface area contributed by atoms with Gasteiger partial charge in [-0.05, 0) is 33.3 Å². The summed E-state index contributed by atoms with van der Waals surface area (Å²) >= 11 is 0. The molecule has 0 aliphatic carbocycles. The van der Waals surface area contributed by atoms with E-state index in [9.17, 15) is 0 Å². The number of hydrogen-bond acceptors (Lipinski definition) is 4. The van der Waals surface area contributed by atoms with E-state index in [0.29, 0.717) is 5.95 Å². The van der Waals surface area contributed by atoms with Crippen LogP contribution in [0.5, 0.6) is 0 Å². The predicted octanol–water partition coefficient (Wildman–Crippen LogP) is 1.93. The Morgan fingerprint density at radius 1 is 1.27 bits per heavy atom. The summed E-state index contributed by atoms with van der Waals surface area (Å²) < 4.78 is 5.24. The van der Waals surface area contributed by atoms with Crippen LogP contribution in [0.4, 0.5) is 5.95 Å². The first-order valence-electron chi connectivity index (χ1n) is 5.36. The zero-order chi connectivity index (χ0) is 11.1. The largest absolute Gasteiger partial charge is 0.382 e. The molecule has 0 saturated carbocycles. The molecule has 4 heteroatoms. The summed E-state index contributed by atoms with van der Waals surface area (Å²) in [6.07, 6.45) is 0.976. The van der Waals surface area contributed by atoms with Crippen molar-refractivity contribution in [3.05, 3.63) is 17.5 Å². The fourth-order valence-corrected chi connectivity index (χ4v) is 1.32. The molecule has 4 nitrogen and oxygen atoms in total. The molecule has 15 heavy (non-hydrogen) atoms. The lowest BCUT2D eigenvalue weighted by atomic mass is 10.3. The Hall–Kier alpha value is -1.16. The van der Waals surface area contributed by atoms with Crippen molar-refractivity contribution in [2.75, 3.05) is 25.1 Å². The van der Waals surface area contributed by atoms with Crippen molar-refractivity contribution in [2.24, 2.45) is 0 Å². The maximum atomic E-state index is 5.24. The van der Waals surface area contributed by atoms with Crippen LogP contribution in [-0.4, -0.2) is 29.7 Å². The standard InChI is InChI=1S/C11H19N3O/c1-4-15-7-5-6-12-11-13-9(2)8-10(3)14-11/h8H,4-7H2,1-3H3,(H,12,13,14). The lowest BCUT2D eigenvalue weighted by Crippen LogP contribution is -2.09. The number of aryl methyl sites for hydroxylation is 2. The van der Waals surface area contributed by atoms with E-state index in [-0.39, 0.29) is 0 Å². The molecular formula is C11H19N3O. The molecule has 0 atom stereocenters. The monoisotopic (exact) mass is 209 g/mol. The van der Waals surface area contributed by atoms with Gasteiger partial charge < -0.3 is 10.1 Å². The highest BCUT2D eigenvalue weighted by Crippen LogP contribution is 2.03. The van der Waals surface area contributed by atoms with Gasteiger partial charge in [0.2, 0.25) is 5.95 Å². The van der Waals surface area contributed by atoms with Crippen LogP contribution in [0.3, 0.4) is 0 Å². The molecule has 0 fully saturated rings. The smallest absolute Gasteiger partial charge is 0.223 e. The van der Waals surface area contributed by atoms with Crippen LogP contribution in [0.2, 0.25) is 0 Å². The Kier molecular flexibility index (Phi) is 5.04. The minimum atomic E-state index is 0.712. The van der Waals surface area contributed by atoms with Gasteiger partial charge in [-0.1, -0.05) is 0 Å². The number of aromatic nitrogens is 2. The van der Waals surface area contributed by atoms with Gasteiger partial charge in [-0.15, -0.1) is 0 Å². The SMILES string of the molecule is CCOCCCNc1nc(C)cc(C)n1. The second kappa shape index (κ2) is 6.35. The van der Waals surface area contributed by atoms with E-state index >= 15 is 0 Å². The van der Waals surface area contributed by atoms with E-state index < -0.39 is 0 Å². The molecule has 1 heterocycles. The molecule has 1 rings (SSSR count). The Labute approximate surface area is 91.1 Å². The van der Waals surface area contributed by atoms with E-state index in [0.717, 1.165) is 37.6 Å². The molecule has 1 N–H and O–H groups in total. The average Bonchev–Trinajstić information content (AvgIpc) is 2.16. The summed E-state index contributed by atoms with van der Waals surface area (Å²) in [6.45, 7) is 8.36. The second-order valence-electron chi connectivity index (χ2n) is 3.45. The molecule has 0 unspecified atom stereocenters. The third-order valence-electron chi connectivity index (χ3n) is 1.93. The fourth-order valence-electron chi connectivity index (χ4n) is 1.32. The van der Waals surface area contributed by atoms with Crippen molar-refractivity contribution in [3.8, 4) is 0 Å². The summed E-state index contributed by atoms with van der Waals surface area (Å²) in [6, 6.07) is 1.96. The Balaban J connectivity index is 2.31. The predicted molar refractivity (Wildman–Crippen MR) is 61.1 cm³/mol. The zero-order valence-electron chi connectivity index (χ0n) is 9.71. The third-order valence-corrected chi connectivity index (χ3v) is 1.93. The van der Waals surface area contributed by atoms with Gasteiger partial charge in [0.05, 0.1) is 0 Å². The lowest BCUT2D eigenvalue weighted by molar-refractivity contribution is 0.147. The summed E-state index contributed by atoms with van der Waals surface area (Å²) in [4.78, 5) is 8.58. The molecule has 0 amide bonds. The van der Waals surface area contributed by atoms with Gasteiger partial charge >= 0.3 is 0 Å². The van der Waals surface area contributed by atoms with Gasteiger partial charge in [0.25, 0.3) is 0 Å².